The molecule has 5 heteroatoms. The Bertz CT molecular complexity index is 580. The van der Waals surface area contributed by atoms with E-state index in [9.17, 15) is 9.59 Å². The molecule has 0 spiro atoms. The number of nitrogens with one attached hydrogen (secondary N) is 2. The summed E-state index contributed by atoms with van der Waals surface area (Å²) in [5.74, 6) is -0.0588. The van der Waals surface area contributed by atoms with Crippen LogP contribution in [0.4, 0.5) is 5.69 Å². The van der Waals surface area contributed by atoms with Crippen LogP contribution >= 0.6 is 0 Å². The number of hydrazone groups is 1. The van der Waals surface area contributed by atoms with Crippen molar-refractivity contribution in [1.82, 2.24) is 5.43 Å². The summed E-state index contributed by atoms with van der Waals surface area (Å²) in [6.07, 6.45) is 1.91. The molecule has 1 aromatic rings. The van der Waals surface area contributed by atoms with Crippen molar-refractivity contribution in [2.75, 3.05) is 5.32 Å². The van der Waals surface area contributed by atoms with Crippen molar-refractivity contribution >= 4 is 23.7 Å². The summed E-state index contributed by atoms with van der Waals surface area (Å²) in [6.45, 7) is 6.02. The Balaban J connectivity index is 2.46. The van der Waals surface area contributed by atoms with E-state index in [-0.39, 0.29) is 11.3 Å². The van der Waals surface area contributed by atoms with E-state index in [4.69, 9.17) is 0 Å². The van der Waals surface area contributed by atoms with E-state index in [0.29, 0.717) is 12.8 Å². The first-order valence-electron chi connectivity index (χ1n) is 6.68. The lowest BCUT2D eigenvalue weighted by Crippen LogP contribution is -2.40. The average molecular weight is 273 g/mol. The monoisotopic (exact) mass is 273 g/mol. The predicted molar refractivity (Wildman–Crippen MR) is 78.6 cm³/mol. The zero-order valence-electron chi connectivity index (χ0n) is 12.0. The Morgan fingerprint density at radius 3 is 2.90 bits per heavy atom. The standard InChI is InChI=1S/C15H19N3O2/c1-4-15(3)8-13(20)17-18-14(15)11-6-5-10(2)12(7-11)16-9-19/h5-7,9H,4,8H2,1-3H3,(H,16,19)(H,17,20). The maximum absolute atomic E-state index is 11.6. The molecule has 5 nitrogen and oxygen atoms in total. The van der Waals surface area contributed by atoms with E-state index in [0.717, 1.165) is 28.9 Å². The Labute approximate surface area is 118 Å². The van der Waals surface area contributed by atoms with Gasteiger partial charge in [0.2, 0.25) is 12.3 Å². The maximum atomic E-state index is 11.6. The molecule has 1 unspecified atom stereocenters. The van der Waals surface area contributed by atoms with Gasteiger partial charge < -0.3 is 5.32 Å². The fourth-order valence-electron chi connectivity index (χ4n) is 2.42. The molecule has 2 rings (SSSR count). The van der Waals surface area contributed by atoms with E-state index >= 15 is 0 Å². The molecular weight excluding hydrogens is 254 g/mol. The average Bonchev–Trinajstić information content (AvgIpc) is 2.42. The number of rotatable bonds is 4. The van der Waals surface area contributed by atoms with Crippen molar-refractivity contribution in [3.63, 3.8) is 0 Å². The second-order valence-corrected chi connectivity index (χ2v) is 5.38. The van der Waals surface area contributed by atoms with Crippen molar-refractivity contribution in [3.8, 4) is 0 Å². The first kappa shape index (κ1) is 14.2. The highest BCUT2D eigenvalue weighted by molar-refractivity contribution is 6.08. The highest BCUT2D eigenvalue weighted by atomic mass is 16.2. The first-order valence-corrected chi connectivity index (χ1v) is 6.68. The second kappa shape index (κ2) is 5.45. The summed E-state index contributed by atoms with van der Waals surface area (Å²) in [6, 6.07) is 5.81. The third kappa shape index (κ3) is 2.57. The van der Waals surface area contributed by atoms with Gasteiger partial charge in [0.05, 0.1) is 5.71 Å². The van der Waals surface area contributed by atoms with Gasteiger partial charge in [-0.3, -0.25) is 9.59 Å². The highest BCUT2D eigenvalue weighted by Crippen LogP contribution is 2.34. The molecule has 0 saturated heterocycles. The molecule has 0 radical (unpaired) electrons. The number of anilines is 1. The molecule has 0 saturated carbocycles. The number of carbonyl (C=O) groups is 2. The van der Waals surface area contributed by atoms with Gasteiger partial charge in [-0.05, 0) is 25.0 Å². The molecule has 2 amide bonds. The Morgan fingerprint density at radius 2 is 2.25 bits per heavy atom. The van der Waals surface area contributed by atoms with Gasteiger partial charge in [0.1, 0.15) is 0 Å². The number of benzene rings is 1. The summed E-state index contributed by atoms with van der Waals surface area (Å²) in [4.78, 5) is 22.2. The summed E-state index contributed by atoms with van der Waals surface area (Å²) < 4.78 is 0. The summed E-state index contributed by atoms with van der Waals surface area (Å²) in [5.41, 5.74) is 5.78. The first-order chi connectivity index (χ1) is 9.50. The third-order valence-electron chi connectivity index (χ3n) is 3.92. The zero-order valence-corrected chi connectivity index (χ0v) is 12.0. The SMILES string of the molecule is CCC1(C)CC(=O)NN=C1c1ccc(C)c(NC=O)c1. The minimum Gasteiger partial charge on any atom is -0.328 e. The number of nitrogens with zero attached hydrogens (tertiary/aromatic N) is 1. The van der Waals surface area contributed by atoms with Crippen LogP contribution < -0.4 is 10.7 Å². The van der Waals surface area contributed by atoms with Crippen molar-refractivity contribution in [2.24, 2.45) is 10.5 Å². The molecule has 1 aromatic carbocycles. The van der Waals surface area contributed by atoms with Crippen molar-refractivity contribution in [2.45, 2.75) is 33.6 Å². The largest absolute Gasteiger partial charge is 0.328 e. The fourth-order valence-corrected chi connectivity index (χ4v) is 2.42. The minimum absolute atomic E-state index is 0.0588. The van der Waals surface area contributed by atoms with Crippen LogP contribution in [0.25, 0.3) is 0 Å². The van der Waals surface area contributed by atoms with Gasteiger partial charge in [-0.1, -0.05) is 26.0 Å². The van der Waals surface area contributed by atoms with Crippen LogP contribution in [-0.4, -0.2) is 18.0 Å². The molecule has 0 fully saturated rings. The maximum Gasteiger partial charge on any atom is 0.241 e. The summed E-state index contributed by atoms with van der Waals surface area (Å²) >= 11 is 0. The van der Waals surface area contributed by atoms with Crippen molar-refractivity contribution in [1.29, 1.82) is 0 Å². The fraction of sp³-hybridized carbons (Fsp3) is 0.400. The van der Waals surface area contributed by atoms with E-state index < -0.39 is 0 Å². The van der Waals surface area contributed by atoms with Gasteiger partial charge in [-0.2, -0.15) is 5.10 Å². The van der Waals surface area contributed by atoms with Gasteiger partial charge >= 0.3 is 0 Å². The second-order valence-electron chi connectivity index (χ2n) is 5.38. The molecular formula is C15H19N3O2. The van der Waals surface area contributed by atoms with E-state index in [2.05, 4.69) is 15.8 Å². The number of amides is 2. The van der Waals surface area contributed by atoms with E-state index in [1.54, 1.807) is 0 Å². The highest BCUT2D eigenvalue weighted by Gasteiger charge is 2.35. The summed E-state index contributed by atoms with van der Waals surface area (Å²) in [7, 11) is 0. The lowest BCUT2D eigenvalue weighted by molar-refractivity contribution is -0.123. The zero-order chi connectivity index (χ0) is 14.8. The van der Waals surface area contributed by atoms with Crippen molar-refractivity contribution in [3.05, 3.63) is 29.3 Å². The van der Waals surface area contributed by atoms with Crippen LogP contribution in [0.5, 0.6) is 0 Å². The lowest BCUT2D eigenvalue weighted by Gasteiger charge is -2.32. The predicted octanol–water partition coefficient (Wildman–Crippen LogP) is 2.20. The molecule has 106 valence electrons. The number of hydrogen-bond acceptors (Lipinski definition) is 3. The van der Waals surface area contributed by atoms with E-state index in [1.807, 2.05) is 39.0 Å². The molecule has 1 atom stereocenters. The third-order valence-corrected chi connectivity index (χ3v) is 3.92. The van der Waals surface area contributed by atoms with Gasteiger partial charge in [-0.25, -0.2) is 5.43 Å². The quantitative estimate of drug-likeness (QED) is 0.826. The molecule has 2 N–H and O–H groups in total. The Hall–Kier alpha value is -2.17. The van der Waals surface area contributed by atoms with Crippen LogP contribution in [-0.2, 0) is 9.59 Å². The minimum atomic E-state index is -0.282. The molecule has 0 aliphatic carbocycles. The molecule has 1 aliphatic heterocycles. The topological polar surface area (TPSA) is 70.6 Å². The number of hydrogen-bond donors (Lipinski definition) is 2. The Kier molecular flexibility index (Phi) is 3.88. The molecule has 0 bridgehead atoms. The molecule has 0 aromatic heterocycles. The molecule has 1 aliphatic rings. The van der Waals surface area contributed by atoms with Crippen LogP contribution in [0.1, 0.15) is 37.8 Å². The number of aryl methyl sites for hydroxylation is 1. The van der Waals surface area contributed by atoms with Crippen LogP contribution in [0.3, 0.4) is 0 Å². The number of carbonyl (C=O) groups excluding carboxylic acids is 2. The smallest absolute Gasteiger partial charge is 0.241 e. The molecule has 1 heterocycles. The van der Waals surface area contributed by atoms with Gasteiger partial charge in [0.25, 0.3) is 0 Å². The van der Waals surface area contributed by atoms with Crippen LogP contribution in [0, 0.1) is 12.3 Å². The normalized spacial score (nSPS) is 21.9. The Morgan fingerprint density at radius 1 is 1.50 bits per heavy atom. The lowest BCUT2D eigenvalue weighted by atomic mass is 9.75. The van der Waals surface area contributed by atoms with Crippen molar-refractivity contribution < 1.29 is 9.59 Å². The molecule has 20 heavy (non-hydrogen) atoms. The van der Waals surface area contributed by atoms with Crippen LogP contribution in [0.15, 0.2) is 23.3 Å². The van der Waals surface area contributed by atoms with Crippen LogP contribution in [0.2, 0.25) is 0 Å². The van der Waals surface area contributed by atoms with E-state index in [1.165, 1.54) is 0 Å². The summed E-state index contributed by atoms with van der Waals surface area (Å²) in [5, 5.41) is 6.92. The van der Waals surface area contributed by atoms with Gasteiger partial charge in [0.15, 0.2) is 0 Å². The van der Waals surface area contributed by atoms with Gasteiger partial charge in [-0.15, -0.1) is 0 Å². The van der Waals surface area contributed by atoms with Gasteiger partial charge in [0, 0.05) is 23.1 Å².